The van der Waals surface area contributed by atoms with Gasteiger partial charge in [0.1, 0.15) is 11.2 Å². The van der Waals surface area contributed by atoms with E-state index in [1.807, 2.05) is 36.4 Å². The maximum absolute atomic E-state index is 6.43. The van der Waals surface area contributed by atoms with Crippen molar-refractivity contribution < 1.29 is 9.41 Å². The quantitative estimate of drug-likeness (QED) is 0.197. The van der Waals surface area contributed by atoms with Crippen LogP contribution in [-0.4, -0.2) is 16.2 Å². The molecule has 1 aliphatic rings. The predicted molar refractivity (Wildman–Crippen MR) is 204 cm³/mol. The van der Waals surface area contributed by atoms with Gasteiger partial charge in [0.25, 0.3) is 5.84 Å². The zero-order chi connectivity index (χ0) is 33.0. The number of hydrogen-bond donors (Lipinski definition) is 2. The minimum Gasteiger partial charge on any atom is -0.455 e. The average Bonchev–Trinajstić information content (AvgIpc) is 3.74. The summed E-state index contributed by atoms with van der Waals surface area (Å²) in [6, 6.07) is 59.5. The second-order valence-corrected chi connectivity index (χ2v) is 12.7. The summed E-state index contributed by atoms with van der Waals surface area (Å²) in [6.45, 7) is 0. The molecule has 50 heavy (non-hydrogen) atoms. The maximum atomic E-state index is 6.43. The Balaban J connectivity index is 1.11. The van der Waals surface area contributed by atoms with E-state index in [2.05, 4.69) is 148 Å². The predicted octanol–water partition coefficient (Wildman–Crippen LogP) is 8.93. The first-order chi connectivity index (χ1) is 24.8. The van der Waals surface area contributed by atoms with Crippen molar-refractivity contribution in [3.63, 3.8) is 0 Å². The van der Waals surface area contributed by atoms with Crippen LogP contribution in [-0.2, 0) is 0 Å². The smallest absolute Gasteiger partial charge is 0.328 e. The number of nitrogens with zero attached hydrogens (tertiary/aromatic N) is 2. The lowest BCUT2D eigenvalue weighted by atomic mass is 10.0. The summed E-state index contributed by atoms with van der Waals surface area (Å²) >= 11 is 0. The second-order valence-electron chi connectivity index (χ2n) is 12.7. The van der Waals surface area contributed by atoms with Crippen LogP contribution in [0, 0.1) is 0 Å². The van der Waals surface area contributed by atoms with Gasteiger partial charge in [0.15, 0.2) is 6.17 Å². The van der Waals surface area contributed by atoms with Gasteiger partial charge in [0.05, 0.1) is 16.6 Å². The molecule has 3 heterocycles. The van der Waals surface area contributed by atoms with Crippen LogP contribution < -0.4 is 10.3 Å². The third kappa shape index (κ3) is 4.63. The monoisotopic (exact) mass is 643 g/mol. The number of rotatable bonds is 5. The lowest BCUT2D eigenvalue weighted by molar-refractivity contribution is -0.516. The average molecular weight is 644 g/mol. The second kappa shape index (κ2) is 11.5. The molecule has 7 aromatic carbocycles. The molecule has 5 nitrogen and oxygen atoms in total. The summed E-state index contributed by atoms with van der Waals surface area (Å²) in [4.78, 5) is 8.74. The Morgan fingerprint density at radius 1 is 0.540 bits per heavy atom. The molecule has 0 saturated heterocycles. The van der Waals surface area contributed by atoms with E-state index in [4.69, 9.17) is 9.41 Å². The maximum Gasteiger partial charge on any atom is 0.328 e. The van der Waals surface area contributed by atoms with Crippen molar-refractivity contribution in [3.8, 4) is 16.8 Å². The number of furan rings is 1. The number of hydrogen-bond acceptors (Lipinski definition) is 3. The van der Waals surface area contributed by atoms with Crippen molar-refractivity contribution >= 4 is 55.4 Å². The van der Waals surface area contributed by atoms with Gasteiger partial charge in [-0.1, -0.05) is 115 Å². The van der Waals surface area contributed by atoms with Gasteiger partial charge in [0.2, 0.25) is 0 Å². The van der Waals surface area contributed by atoms with Crippen molar-refractivity contribution in [2.45, 2.75) is 6.17 Å². The van der Waals surface area contributed by atoms with Gasteiger partial charge in [-0.3, -0.25) is 0 Å². The minimum absolute atomic E-state index is 0.134. The number of para-hydroxylation sites is 3. The van der Waals surface area contributed by atoms with Crippen molar-refractivity contribution in [1.29, 1.82) is 0 Å². The summed E-state index contributed by atoms with van der Waals surface area (Å²) in [5.74, 6) is 1.66. The molecule has 1 unspecified atom stereocenters. The highest BCUT2D eigenvalue weighted by atomic mass is 16.3. The molecule has 10 rings (SSSR count). The van der Waals surface area contributed by atoms with E-state index in [-0.39, 0.29) is 6.17 Å². The molecule has 0 amide bonds. The molecule has 0 bridgehead atoms. The first-order valence-corrected chi connectivity index (χ1v) is 16.9. The third-order valence-electron chi connectivity index (χ3n) is 9.73. The Morgan fingerprint density at radius 2 is 1.24 bits per heavy atom. The largest absolute Gasteiger partial charge is 0.455 e. The Morgan fingerprint density at radius 3 is 2.12 bits per heavy atom. The lowest BCUT2D eigenvalue weighted by Gasteiger charge is -2.18. The van der Waals surface area contributed by atoms with E-state index >= 15 is 0 Å². The van der Waals surface area contributed by atoms with Crippen molar-refractivity contribution in [3.05, 3.63) is 187 Å². The first-order valence-electron chi connectivity index (χ1n) is 16.9. The third-order valence-corrected chi connectivity index (χ3v) is 9.73. The molecule has 2 N–H and O–H groups in total. The summed E-state index contributed by atoms with van der Waals surface area (Å²) < 4.78 is 8.78. The molecule has 9 aromatic rings. The Labute approximate surface area is 288 Å². The number of benzene rings is 7. The van der Waals surface area contributed by atoms with Crippen LogP contribution in [0.5, 0.6) is 0 Å². The molecule has 236 valence electrons. The molecule has 0 radical (unpaired) electrons. The number of fused-ring (bicyclic) bond motifs is 6. The van der Waals surface area contributed by atoms with Crippen LogP contribution in [0.15, 0.2) is 179 Å². The molecule has 5 heteroatoms. The van der Waals surface area contributed by atoms with Crippen LogP contribution in [0.2, 0.25) is 0 Å². The molecule has 1 aliphatic heterocycles. The molecule has 1 atom stereocenters. The SMILES string of the molecule is c1ccc(C2=[NH+]C(c3ccccc3)NC(c3cccc(-n4c5ccccc5c5cc(-c6cccc7c6oc6ccccc67)ccc54)c3)=N2)cc1. The first kappa shape index (κ1) is 28.3. The van der Waals surface area contributed by atoms with E-state index in [1.165, 1.54) is 10.8 Å². The summed E-state index contributed by atoms with van der Waals surface area (Å²) in [5.41, 5.74) is 10.6. The van der Waals surface area contributed by atoms with Crippen LogP contribution in [0.25, 0.3) is 60.6 Å². The number of aromatic nitrogens is 1. The standard InChI is InChI=1S/C45H30N4O/c1-3-13-29(14-4-1)43-46-44(30-15-5-2-6-16-30)48-45(47-43)32-17-11-18-33(27-32)49-39-23-9-7-19-35(39)38-28-31(25-26-40(38)49)34-21-12-22-37-36-20-8-10-24-41(36)50-42(34)37/h1-28,43H,(H,46,47,48)/p+1. The summed E-state index contributed by atoms with van der Waals surface area (Å²) in [7, 11) is 0. The van der Waals surface area contributed by atoms with Crippen LogP contribution in [0.3, 0.4) is 0 Å². The Hall–Kier alpha value is -6.72. The van der Waals surface area contributed by atoms with Gasteiger partial charge < -0.3 is 14.3 Å². The fourth-order valence-electron chi connectivity index (χ4n) is 7.38. The fraction of sp³-hybridized carbons (Fsp3) is 0.0222. The fourth-order valence-corrected chi connectivity index (χ4v) is 7.38. The Kier molecular flexibility index (Phi) is 6.49. The highest BCUT2D eigenvalue weighted by molar-refractivity contribution is 6.14. The van der Waals surface area contributed by atoms with Crippen molar-refractivity contribution in [2.24, 2.45) is 4.99 Å². The number of amidine groups is 2. The zero-order valence-electron chi connectivity index (χ0n) is 27.0. The molecule has 2 aromatic heterocycles. The van der Waals surface area contributed by atoms with Gasteiger partial charge in [-0.05, 0) is 65.2 Å². The summed E-state index contributed by atoms with van der Waals surface area (Å²) in [6.07, 6.45) is -0.134. The van der Waals surface area contributed by atoms with Crippen molar-refractivity contribution in [1.82, 2.24) is 9.88 Å². The van der Waals surface area contributed by atoms with E-state index in [0.29, 0.717) is 0 Å². The lowest BCUT2D eigenvalue weighted by Crippen LogP contribution is -2.80. The normalized spacial score (nSPS) is 14.6. The molecular formula is C45H31N4O+. The number of aliphatic imine (C=N–C) groups is 1. The van der Waals surface area contributed by atoms with Crippen molar-refractivity contribution in [2.75, 3.05) is 0 Å². The van der Waals surface area contributed by atoms with Crippen LogP contribution in [0.4, 0.5) is 0 Å². The minimum atomic E-state index is -0.134. The highest BCUT2D eigenvalue weighted by Crippen LogP contribution is 2.39. The topological polar surface area (TPSA) is 56.4 Å². The molecule has 0 spiro atoms. The Bertz CT molecular complexity index is 2790. The van der Waals surface area contributed by atoms with Gasteiger partial charge in [0, 0.05) is 43.9 Å². The van der Waals surface area contributed by atoms with Gasteiger partial charge in [-0.2, -0.15) is 0 Å². The number of nitrogens with one attached hydrogen (secondary N) is 2. The summed E-state index contributed by atoms with van der Waals surface area (Å²) in [5, 5.41) is 8.35. The van der Waals surface area contributed by atoms with E-state index < -0.39 is 0 Å². The molecular weight excluding hydrogens is 613 g/mol. The molecule has 0 aliphatic carbocycles. The van der Waals surface area contributed by atoms with Gasteiger partial charge in [-0.25, -0.2) is 4.99 Å². The molecule has 0 saturated carbocycles. The van der Waals surface area contributed by atoms with Crippen LogP contribution >= 0.6 is 0 Å². The van der Waals surface area contributed by atoms with E-state index in [9.17, 15) is 0 Å². The highest BCUT2D eigenvalue weighted by Gasteiger charge is 2.28. The van der Waals surface area contributed by atoms with Crippen LogP contribution in [0.1, 0.15) is 22.9 Å². The van der Waals surface area contributed by atoms with Gasteiger partial charge >= 0.3 is 5.84 Å². The van der Waals surface area contributed by atoms with E-state index in [1.54, 1.807) is 0 Å². The van der Waals surface area contributed by atoms with Gasteiger partial charge in [-0.15, -0.1) is 0 Å². The molecule has 0 fully saturated rings. The van der Waals surface area contributed by atoms with E-state index in [0.717, 1.165) is 78.1 Å². The zero-order valence-corrected chi connectivity index (χ0v) is 27.0.